The molecule has 1 amide bonds. The summed E-state index contributed by atoms with van der Waals surface area (Å²) in [5.74, 6) is 0.269. The Labute approximate surface area is 208 Å². The number of amides is 1. The first-order valence-corrected chi connectivity index (χ1v) is 12.1. The number of hydrogen-bond acceptors (Lipinski definition) is 10. The molecule has 12 heteroatoms. The number of nitrogens with zero attached hydrogens (tertiary/aromatic N) is 5. The van der Waals surface area contributed by atoms with Crippen LogP contribution in [0, 0.1) is 18.3 Å². The Bertz CT molecular complexity index is 1530. The van der Waals surface area contributed by atoms with Crippen LogP contribution < -0.4 is 20.3 Å². The molecule has 0 saturated carbocycles. The molecule has 0 spiro atoms. The zero-order valence-electron chi connectivity index (χ0n) is 19.1. The predicted octanol–water partition coefficient (Wildman–Crippen LogP) is 3.61. The predicted molar refractivity (Wildman–Crippen MR) is 133 cm³/mol. The Morgan fingerprint density at radius 1 is 1.29 bits per heavy atom. The SMILES string of the molecule is CCc1nn2c(=O)cc(COc3ccc(/C=C(/C#N)C(=O)Nc4nc(C)cs4)cc3OC)nc2s1. The molecule has 0 fully saturated rings. The lowest BCUT2D eigenvalue weighted by atomic mass is 10.1. The van der Waals surface area contributed by atoms with Crippen LogP contribution in [-0.4, -0.2) is 32.6 Å². The molecule has 1 N–H and O–H groups in total. The summed E-state index contributed by atoms with van der Waals surface area (Å²) in [5.41, 5.74) is 1.47. The fraction of sp³-hybridized carbons (Fsp3) is 0.217. The summed E-state index contributed by atoms with van der Waals surface area (Å²) in [7, 11) is 1.48. The fourth-order valence-electron chi connectivity index (χ4n) is 3.05. The van der Waals surface area contributed by atoms with E-state index in [9.17, 15) is 14.9 Å². The third-order valence-corrected chi connectivity index (χ3v) is 6.65. The number of thiazole rings is 1. The second-order valence-corrected chi connectivity index (χ2v) is 9.15. The third-order valence-electron chi connectivity index (χ3n) is 4.72. The first-order valence-electron chi connectivity index (χ1n) is 10.4. The molecule has 0 saturated heterocycles. The van der Waals surface area contributed by atoms with Crippen molar-refractivity contribution in [3.8, 4) is 17.6 Å². The highest BCUT2D eigenvalue weighted by molar-refractivity contribution is 7.16. The van der Waals surface area contributed by atoms with Gasteiger partial charge in [-0.25, -0.2) is 9.97 Å². The number of rotatable bonds is 8. The van der Waals surface area contributed by atoms with E-state index in [0.29, 0.717) is 32.8 Å². The van der Waals surface area contributed by atoms with Crippen LogP contribution in [0.2, 0.25) is 0 Å². The topological polar surface area (TPSA) is 132 Å². The Balaban J connectivity index is 1.51. The molecule has 35 heavy (non-hydrogen) atoms. The van der Waals surface area contributed by atoms with Crippen LogP contribution in [0.5, 0.6) is 11.5 Å². The molecule has 10 nitrogen and oxygen atoms in total. The van der Waals surface area contributed by atoms with Crippen molar-refractivity contribution in [2.24, 2.45) is 0 Å². The maximum Gasteiger partial charge on any atom is 0.275 e. The highest BCUT2D eigenvalue weighted by Crippen LogP contribution is 2.30. The second kappa shape index (κ2) is 10.5. The Hall–Kier alpha value is -4.08. The van der Waals surface area contributed by atoms with E-state index >= 15 is 0 Å². The van der Waals surface area contributed by atoms with Crippen molar-refractivity contribution in [3.05, 3.63) is 67.5 Å². The minimum atomic E-state index is -0.553. The molecular weight excluding hydrogens is 488 g/mol. The monoisotopic (exact) mass is 508 g/mol. The lowest BCUT2D eigenvalue weighted by Crippen LogP contribution is -2.16. The van der Waals surface area contributed by atoms with E-state index in [2.05, 4.69) is 20.4 Å². The molecule has 3 aromatic heterocycles. The summed E-state index contributed by atoms with van der Waals surface area (Å²) < 4.78 is 12.5. The van der Waals surface area contributed by atoms with Crippen LogP contribution in [-0.2, 0) is 17.8 Å². The van der Waals surface area contributed by atoms with Gasteiger partial charge in [0.05, 0.1) is 18.5 Å². The highest BCUT2D eigenvalue weighted by atomic mass is 32.1. The van der Waals surface area contributed by atoms with Gasteiger partial charge in [-0.2, -0.15) is 14.9 Å². The highest BCUT2D eigenvalue weighted by Gasteiger charge is 2.14. The molecular formula is C23H20N6O4S2. The van der Waals surface area contributed by atoms with Gasteiger partial charge in [0.25, 0.3) is 11.5 Å². The quantitative estimate of drug-likeness (QED) is 0.282. The molecule has 0 aliphatic rings. The third kappa shape index (κ3) is 5.53. The first kappa shape index (κ1) is 24.1. The van der Waals surface area contributed by atoms with Gasteiger partial charge < -0.3 is 9.47 Å². The number of anilines is 1. The van der Waals surface area contributed by atoms with Crippen LogP contribution in [0.4, 0.5) is 5.13 Å². The number of aromatic nitrogens is 4. The van der Waals surface area contributed by atoms with Crippen molar-refractivity contribution in [2.45, 2.75) is 26.9 Å². The first-order chi connectivity index (χ1) is 16.9. The summed E-state index contributed by atoms with van der Waals surface area (Å²) in [4.78, 5) is 33.9. The Morgan fingerprint density at radius 3 is 2.80 bits per heavy atom. The molecule has 0 aliphatic heterocycles. The number of carbonyl (C=O) groups is 1. The molecule has 3 heterocycles. The van der Waals surface area contributed by atoms with Crippen LogP contribution in [0.15, 0.2) is 40.0 Å². The summed E-state index contributed by atoms with van der Waals surface area (Å²) in [5, 5.41) is 19.4. The van der Waals surface area contributed by atoms with Crippen LogP contribution in [0.3, 0.4) is 0 Å². The van der Waals surface area contributed by atoms with Crippen molar-refractivity contribution in [2.75, 3.05) is 12.4 Å². The van der Waals surface area contributed by atoms with Crippen molar-refractivity contribution in [3.63, 3.8) is 0 Å². The number of hydrogen-bond donors (Lipinski definition) is 1. The molecule has 1 aromatic carbocycles. The molecule has 0 atom stereocenters. The van der Waals surface area contributed by atoms with Gasteiger partial charge in [0, 0.05) is 11.4 Å². The van der Waals surface area contributed by atoms with Crippen LogP contribution in [0.25, 0.3) is 11.0 Å². The maximum absolute atomic E-state index is 12.5. The normalized spacial score (nSPS) is 11.3. The van der Waals surface area contributed by atoms with Gasteiger partial charge in [0.1, 0.15) is 23.3 Å². The molecule has 0 aliphatic carbocycles. The van der Waals surface area contributed by atoms with E-state index in [1.807, 2.05) is 19.9 Å². The number of methoxy groups -OCH3 is 1. The van der Waals surface area contributed by atoms with Crippen molar-refractivity contribution in [1.82, 2.24) is 19.6 Å². The number of benzene rings is 1. The van der Waals surface area contributed by atoms with Gasteiger partial charge in [-0.05, 0) is 37.1 Å². The van der Waals surface area contributed by atoms with E-state index in [4.69, 9.17) is 9.47 Å². The molecule has 4 rings (SSSR count). The average Bonchev–Trinajstić information content (AvgIpc) is 3.47. The van der Waals surface area contributed by atoms with Crippen LogP contribution >= 0.6 is 22.7 Å². The summed E-state index contributed by atoms with van der Waals surface area (Å²) in [6.07, 6.45) is 2.17. The summed E-state index contributed by atoms with van der Waals surface area (Å²) >= 11 is 2.64. The van der Waals surface area contributed by atoms with E-state index in [0.717, 1.165) is 17.1 Å². The molecule has 0 radical (unpaired) electrons. The van der Waals surface area contributed by atoms with Crippen molar-refractivity contribution >= 4 is 44.7 Å². The number of nitriles is 1. The van der Waals surface area contributed by atoms with Gasteiger partial charge in [-0.15, -0.1) is 11.3 Å². The maximum atomic E-state index is 12.5. The van der Waals surface area contributed by atoms with Crippen molar-refractivity contribution < 1.29 is 14.3 Å². The number of carbonyl (C=O) groups excluding carboxylic acids is 1. The number of aryl methyl sites for hydroxylation is 2. The summed E-state index contributed by atoms with van der Waals surface area (Å²) in [6, 6.07) is 8.30. The van der Waals surface area contributed by atoms with Gasteiger partial charge in [-0.1, -0.05) is 24.3 Å². The van der Waals surface area contributed by atoms with E-state index in [1.54, 1.807) is 23.6 Å². The van der Waals surface area contributed by atoms with Gasteiger partial charge >= 0.3 is 0 Å². The smallest absolute Gasteiger partial charge is 0.275 e. The minimum Gasteiger partial charge on any atom is -0.493 e. The van der Waals surface area contributed by atoms with E-state index < -0.39 is 5.91 Å². The van der Waals surface area contributed by atoms with Gasteiger partial charge in [0.2, 0.25) is 4.96 Å². The fourth-order valence-corrected chi connectivity index (χ4v) is 4.59. The number of nitrogens with one attached hydrogen (secondary N) is 1. The van der Waals surface area contributed by atoms with E-state index in [1.165, 1.54) is 46.4 Å². The van der Waals surface area contributed by atoms with Crippen LogP contribution in [0.1, 0.15) is 28.9 Å². The zero-order valence-corrected chi connectivity index (χ0v) is 20.7. The Morgan fingerprint density at radius 2 is 2.11 bits per heavy atom. The lowest BCUT2D eigenvalue weighted by molar-refractivity contribution is -0.112. The van der Waals surface area contributed by atoms with E-state index in [-0.39, 0.29) is 17.7 Å². The average molecular weight is 509 g/mol. The van der Waals surface area contributed by atoms with Gasteiger partial charge in [0.15, 0.2) is 16.6 Å². The molecule has 0 bridgehead atoms. The molecule has 178 valence electrons. The minimum absolute atomic E-state index is 0.0513. The van der Waals surface area contributed by atoms with Crippen molar-refractivity contribution in [1.29, 1.82) is 5.26 Å². The standard InChI is InChI=1S/C23H20N6O4S2/c1-4-19-28-29-20(30)9-16(26-23(29)35-19)11-33-17-6-5-14(8-18(17)32-3)7-15(10-24)21(31)27-22-25-13(2)12-34-22/h5-9,12H,4,11H2,1-3H3,(H,25,27,31)/b15-7-. The zero-order chi connectivity index (χ0) is 24.9. The Kier molecular flexibility index (Phi) is 7.19. The number of fused-ring (bicyclic) bond motifs is 1. The molecule has 4 aromatic rings. The second-order valence-electron chi connectivity index (χ2n) is 7.25. The lowest BCUT2D eigenvalue weighted by Gasteiger charge is -2.11. The number of ether oxygens (including phenoxy) is 2. The summed E-state index contributed by atoms with van der Waals surface area (Å²) in [6.45, 7) is 3.83. The molecule has 0 unspecified atom stereocenters. The largest absolute Gasteiger partial charge is 0.493 e. The van der Waals surface area contributed by atoms with Gasteiger partial charge in [-0.3, -0.25) is 14.9 Å².